The van der Waals surface area contributed by atoms with Gasteiger partial charge >= 0.3 is 6.18 Å². The minimum atomic E-state index is -4.52. The summed E-state index contributed by atoms with van der Waals surface area (Å²) in [6.45, 7) is 3.24. The number of pyridine rings is 2. The van der Waals surface area contributed by atoms with Gasteiger partial charge in [-0.25, -0.2) is 9.97 Å². The third kappa shape index (κ3) is 3.91. The van der Waals surface area contributed by atoms with Gasteiger partial charge in [0.2, 0.25) is 0 Å². The van der Waals surface area contributed by atoms with E-state index in [0.717, 1.165) is 19.2 Å². The maximum Gasteiger partial charge on any atom is 0.418 e. The van der Waals surface area contributed by atoms with Crippen molar-refractivity contribution in [3.05, 3.63) is 47.1 Å². The fraction of sp³-hybridized carbons (Fsp3) is 0.333. The van der Waals surface area contributed by atoms with Crippen molar-refractivity contribution < 1.29 is 17.9 Å². The molecule has 0 amide bonds. The molecule has 0 unspecified atom stereocenters. The smallest absolute Gasteiger partial charge is 0.379 e. The van der Waals surface area contributed by atoms with Crippen molar-refractivity contribution in [1.82, 2.24) is 24.8 Å². The molecule has 28 heavy (non-hydrogen) atoms. The predicted molar refractivity (Wildman–Crippen MR) is 96.7 cm³/mol. The predicted octanol–water partition coefficient (Wildman–Crippen LogP) is 3.59. The Morgan fingerprint density at radius 1 is 1.14 bits per heavy atom. The number of halogens is 4. The summed E-state index contributed by atoms with van der Waals surface area (Å²) in [6, 6.07) is 3.75. The summed E-state index contributed by atoms with van der Waals surface area (Å²) < 4.78 is 45.3. The highest BCUT2D eigenvalue weighted by Gasteiger charge is 2.34. The van der Waals surface area contributed by atoms with E-state index in [1.807, 2.05) is 0 Å². The van der Waals surface area contributed by atoms with E-state index in [2.05, 4.69) is 24.8 Å². The van der Waals surface area contributed by atoms with Crippen LogP contribution in [-0.4, -0.2) is 51.1 Å². The van der Waals surface area contributed by atoms with Crippen molar-refractivity contribution in [3.63, 3.8) is 0 Å². The summed E-state index contributed by atoms with van der Waals surface area (Å²) in [4.78, 5) is 18.9. The van der Waals surface area contributed by atoms with Crippen LogP contribution < -0.4 is 0 Å². The second-order valence-corrected chi connectivity index (χ2v) is 6.67. The van der Waals surface area contributed by atoms with Crippen LogP contribution in [0.5, 0.6) is 0 Å². The van der Waals surface area contributed by atoms with Crippen molar-refractivity contribution in [2.24, 2.45) is 0 Å². The van der Waals surface area contributed by atoms with Crippen molar-refractivity contribution in [1.29, 1.82) is 0 Å². The fourth-order valence-corrected chi connectivity index (χ4v) is 3.29. The lowest BCUT2D eigenvalue weighted by Gasteiger charge is -2.25. The van der Waals surface area contributed by atoms with E-state index in [-0.39, 0.29) is 16.4 Å². The largest absolute Gasteiger partial charge is 0.418 e. The molecule has 0 aromatic carbocycles. The highest BCUT2D eigenvalue weighted by atomic mass is 35.5. The Balaban J connectivity index is 1.74. The van der Waals surface area contributed by atoms with Crippen LogP contribution in [-0.2, 0) is 17.5 Å². The molecule has 4 rings (SSSR count). The Kier molecular flexibility index (Phi) is 5.13. The molecule has 3 aromatic rings. The Morgan fingerprint density at radius 3 is 2.68 bits per heavy atom. The van der Waals surface area contributed by atoms with Crippen molar-refractivity contribution in [2.75, 3.05) is 26.3 Å². The Labute approximate surface area is 163 Å². The van der Waals surface area contributed by atoms with Crippen LogP contribution in [0, 0.1) is 0 Å². The number of hydrogen-bond acceptors (Lipinski definition) is 6. The molecule has 3 aromatic heterocycles. The van der Waals surface area contributed by atoms with Crippen LogP contribution in [0.1, 0.15) is 11.4 Å². The molecular weight excluding hydrogens is 395 g/mol. The minimum absolute atomic E-state index is 0.164. The molecule has 1 aliphatic rings. The number of fused-ring (bicyclic) bond motifs is 1. The normalized spacial score (nSPS) is 15.9. The van der Waals surface area contributed by atoms with Crippen molar-refractivity contribution in [2.45, 2.75) is 12.7 Å². The highest BCUT2D eigenvalue weighted by Crippen LogP contribution is 2.36. The van der Waals surface area contributed by atoms with E-state index in [1.165, 1.54) is 24.5 Å². The molecule has 0 radical (unpaired) electrons. The third-order valence-electron chi connectivity index (χ3n) is 4.39. The molecule has 0 spiro atoms. The van der Waals surface area contributed by atoms with E-state index >= 15 is 0 Å². The summed E-state index contributed by atoms with van der Waals surface area (Å²) in [6.07, 6.45) is -1.91. The van der Waals surface area contributed by atoms with E-state index in [9.17, 15) is 13.2 Å². The van der Waals surface area contributed by atoms with Gasteiger partial charge in [0.25, 0.3) is 0 Å². The third-order valence-corrected chi connectivity index (χ3v) is 4.66. The number of ether oxygens (including phenoxy) is 1. The first kappa shape index (κ1) is 19.0. The van der Waals surface area contributed by atoms with Crippen molar-refractivity contribution in [3.8, 4) is 11.3 Å². The average Bonchev–Trinajstić information content (AvgIpc) is 2.68. The molecule has 0 atom stereocenters. The zero-order chi connectivity index (χ0) is 19.7. The van der Waals surface area contributed by atoms with Gasteiger partial charge in [0.05, 0.1) is 36.5 Å². The standard InChI is InChI=1S/C18H15ClF3N5O/c19-17-16-13(25-14(26-17)10-27-4-6-28-7-5-27)8-11(9-24-16)15-12(18(20,21)22)2-1-3-23-15/h1-3,8-9H,4-7,10H2. The van der Waals surface area contributed by atoms with E-state index in [4.69, 9.17) is 16.3 Å². The molecule has 4 heterocycles. The molecule has 10 heteroatoms. The van der Waals surface area contributed by atoms with Crippen LogP contribution in [0.25, 0.3) is 22.3 Å². The monoisotopic (exact) mass is 409 g/mol. The van der Waals surface area contributed by atoms with Crippen LogP contribution in [0.15, 0.2) is 30.6 Å². The van der Waals surface area contributed by atoms with Crippen LogP contribution in [0.3, 0.4) is 0 Å². The number of alkyl halides is 3. The first-order valence-electron chi connectivity index (χ1n) is 8.56. The molecule has 0 bridgehead atoms. The summed E-state index contributed by atoms with van der Waals surface area (Å²) in [5, 5.41) is 0.164. The first-order chi connectivity index (χ1) is 13.4. The Morgan fingerprint density at radius 2 is 1.93 bits per heavy atom. The van der Waals surface area contributed by atoms with Gasteiger partial charge in [0.15, 0.2) is 5.15 Å². The second kappa shape index (κ2) is 7.57. The molecule has 6 nitrogen and oxygen atoms in total. The van der Waals surface area contributed by atoms with Crippen LogP contribution in [0.4, 0.5) is 13.2 Å². The van der Waals surface area contributed by atoms with Crippen LogP contribution >= 0.6 is 11.6 Å². The van der Waals surface area contributed by atoms with E-state index in [0.29, 0.717) is 36.6 Å². The zero-order valence-corrected chi connectivity index (χ0v) is 15.3. The van der Waals surface area contributed by atoms with Crippen LogP contribution in [0.2, 0.25) is 5.15 Å². The molecule has 0 N–H and O–H groups in total. The van der Waals surface area contributed by atoms with Gasteiger partial charge in [-0.05, 0) is 18.2 Å². The molecular formula is C18H15ClF3N5O. The molecule has 1 aliphatic heterocycles. The highest BCUT2D eigenvalue weighted by molar-refractivity contribution is 6.33. The number of morpholine rings is 1. The maximum atomic E-state index is 13.3. The van der Waals surface area contributed by atoms with Gasteiger partial charge in [0.1, 0.15) is 11.3 Å². The second-order valence-electron chi connectivity index (χ2n) is 6.31. The van der Waals surface area contributed by atoms with E-state index < -0.39 is 11.7 Å². The lowest BCUT2D eigenvalue weighted by atomic mass is 10.1. The number of nitrogens with zero attached hydrogens (tertiary/aromatic N) is 5. The Bertz CT molecular complexity index is 1010. The summed E-state index contributed by atoms with van der Waals surface area (Å²) in [7, 11) is 0. The SMILES string of the molecule is FC(F)(F)c1cccnc1-c1cnc2c(Cl)nc(CN3CCOCC3)nc2c1. The topological polar surface area (TPSA) is 64.0 Å². The van der Waals surface area contributed by atoms with Gasteiger partial charge in [0, 0.05) is 31.0 Å². The summed E-state index contributed by atoms with van der Waals surface area (Å²) in [5.41, 5.74) is -0.105. The first-order valence-corrected chi connectivity index (χ1v) is 8.94. The van der Waals surface area contributed by atoms with Gasteiger partial charge in [-0.3, -0.25) is 14.9 Å². The zero-order valence-electron chi connectivity index (χ0n) is 14.6. The maximum absolute atomic E-state index is 13.3. The lowest BCUT2D eigenvalue weighted by Crippen LogP contribution is -2.36. The quantitative estimate of drug-likeness (QED) is 0.616. The fourth-order valence-electron chi connectivity index (χ4n) is 3.05. The molecule has 146 valence electrons. The number of aromatic nitrogens is 4. The summed E-state index contributed by atoms with van der Waals surface area (Å²) >= 11 is 6.23. The lowest BCUT2D eigenvalue weighted by molar-refractivity contribution is -0.137. The van der Waals surface area contributed by atoms with E-state index in [1.54, 1.807) is 0 Å². The van der Waals surface area contributed by atoms with Gasteiger partial charge in [-0.1, -0.05) is 11.6 Å². The number of rotatable bonds is 3. The van der Waals surface area contributed by atoms with Gasteiger partial charge < -0.3 is 4.74 Å². The van der Waals surface area contributed by atoms with Crippen molar-refractivity contribution >= 4 is 22.6 Å². The van der Waals surface area contributed by atoms with Gasteiger partial charge in [-0.2, -0.15) is 13.2 Å². The molecule has 1 fully saturated rings. The molecule has 1 saturated heterocycles. The number of hydrogen-bond donors (Lipinski definition) is 0. The van der Waals surface area contributed by atoms with Gasteiger partial charge in [-0.15, -0.1) is 0 Å². The summed E-state index contributed by atoms with van der Waals surface area (Å²) in [5.74, 6) is 0.482. The molecule has 0 aliphatic carbocycles. The average molecular weight is 410 g/mol. The minimum Gasteiger partial charge on any atom is -0.379 e. The Hall–Kier alpha value is -2.36. The molecule has 0 saturated carbocycles.